The molecule has 1 aliphatic carbocycles. The Kier molecular flexibility index (Phi) is 5.12. The maximum atomic E-state index is 2.49. The van der Waals surface area contributed by atoms with Crippen molar-refractivity contribution >= 4 is 54.1 Å². The monoisotopic (exact) mass is 585 g/mol. The van der Waals surface area contributed by atoms with Gasteiger partial charge in [-0.1, -0.05) is 129 Å². The number of rotatable bonds is 2. The van der Waals surface area contributed by atoms with Crippen LogP contribution in [0.1, 0.15) is 25.0 Å². The molecule has 0 atom stereocenters. The summed E-state index contributed by atoms with van der Waals surface area (Å²) < 4.78 is 2.49. The van der Waals surface area contributed by atoms with Crippen LogP contribution in [0.2, 0.25) is 0 Å². The third kappa shape index (κ3) is 3.40. The lowest BCUT2D eigenvalue weighted by Gasteiger charge is -2.22. The molecule has 0 fully saturated rings. The Morgan fingerprint density at radius 2 is 0.957 bits per heavy atom. The fourth-order valence-electron chi connectivity index (χ4n) is 8.32. The largest absolute Gasteiger partial charge is 0.309 e. The molecule has 0 amide bonds. The lowest BCUT2D eigenvalue weighted by atomic mass is 9.81. The van der Waals surface area contributed by atoms with Crippen molar-refractivity contribution in [1.82, 2.24) is 4.57 Å². The summed E-state index contributed by atoms with van der Waals surface area (Å²) in [5.41, 5.74) is 11.6. The highest BCUT2D eigenvalue weighted by molar-refractivity contribution is 6.25. The highest BCUT2D eigenvalue weighted by Crippen LogP contribution is 2.52. The summed E-state index contributed by atoms with van der Waals surface area (Å²) in [6.07, 6.45) is 0. The van der Waals surface area contributed by atoms with Gasteiger partial charge in [-0.25, -0.2) is 0 Å². The number of para-hydroxylation sites is 1. The van der Waals surface area contributed by atoms with Crippen molar-refractivity contribution in [3.05, 3.63) is 163 Å². The first-order valence-corrected chi connectivity index (χ1v) is 16.2. The smallest absolute Gasteiger partial charge is 0.0544 e. The van der Waals surface area contributed by atoms with Gasteiger partial charge in [-0.15, -0.1) is 0 Å². The quantitative estimate of drug-likeness (QED) is 0.178. The first-order chi connectivity index (χ1) is 22.6. The third-order valence-corrected chi connectivity index (χ3v) is 10.6. The SMILES string of the molecule is CC1(C)c2cc(-c3ccccc3)ccc2-c2cc3c4ccccc4n(-c4ccc5c6ccccc6c6ccccc6c5c4)c3cc21. The predicted molar refractivity (Wildman–Crippen MR) is 196 cm³/mol. The second-order valence-corrected chi connectivity index (χ2v) is 13.3. The van der Waals surface area contributed by atoms with Gasteiger partial charge in [0.15, 0.2) is 0 Å². The number of hydrogen-bond donors (Lipinski definition) is 0. The lowest BCUT2D eigenvalue weighted by molar-refractivity contribution is 0.661. The molecule has 0 saturated carbocycles. The predicted octanol–water partition coefficient (Wildman–Crippen LogP) is 12.2. The number of fused-ring (bicyclic) bond motifs is 12. The highest BCUT2D eigenvalue weighted by atomic mass is 15.0. The van der Waals surface area contributed by atoms with Crippen molar-refractivity contribution < 1.29 is 0 Å². The normalized spacial score (nSPS) is 13.6. The molecule has 1 nitrogen and oxygen atoms in total. The molecule has 0 radical (unpaired) electrons. The molecule has 8 aromatic carbocycles. The minimum absolute atomic E-state index is 0.122. The zero-order chi connectivity index (χ0) is 30.6. The summed E-state index contributed by atoms with van der Waals surface area (Å²) in [5, 5.41) is 10.4. The first kappa shape index (κ1) is 25.6. The standard InChI is InChI=1S/C45H31N/c1-45(2)41-24-29(28-12-4-3-5-13-28)20-22-36(41)39-26-40-37-18-10-11-19-43(37)46(44(40)27-42(39)45)30-21-23-35-33-16-7-6-14-31(33)32-15-8-9-17-34(32)38(35)25-30/h3-27H,1-2H3. The van der Waals surface area contributed by atoms with Crippen molar-refractivity contribution in [2.75, 3.05) is 0 Å². The second-order valence-electron chi connectivity index (χ2n) is 13.3. The Hall–Kier alpha value is -5.66. The van der Waals surface area contributed by atoms with E-state index in [9.17, 15) is 0 Å². The van der Waals surface area contributed by atoms with E-state index in [0.717, 1.165) is 0 Å². The molecule has 1 aromatic heterocycles. The van der Waals surface area contributed by atoms with Gasteiger partial charge >= 0.3 is 0 Å². The molecule has 10 rings (SSSR count). The molecule has 0 aliphatic heterocycles. The van der Waals surface area contributed by atoms with E-state index in [2.05, 4.69) is 170 Å². The Labute approximate surface area is 268 Å². The van der Waals surface area contributed by atoms with Gasteiger partial charge in [0.25, 0.3) is 0 Å². The van der Waals surface area contributed by atoms with Crippen LogP contribution in [0.5, 0.6) is 0 Å². The molecule has 0 unspecified atom stereocenters. The maximum Gasteiger partial charge on any atom is 0.0544 e. The summed E-state index contributed by atoms with van der Waals surface area (Å²) in [6, 6.07) is 56.3. The van der Waals surface area contributed by atoms with Gasteiger partial charge in [-0.3, -0.25) is 0 Å². The second kappa shape index (κ2) is 9.19. The van der Waals surface area contributed by atoms with Gasteiger partial charge in [0, 0.05) is 21.9 Å². The first-order valence-electron chi connectivity index (χ1n) is 16.2. The van der Waals surface area contributed by atoms with Crippen LogP contribution in [0.4, 0.5) is 0 Å². The van der Waals surface area contributed by atoms with Crippen LogP contribution in [0.15, 0.2) is 152 Å². The zero-order valence-corrected chi connectivity index (χ0v) is 25.9. The molecule has 1 aliphatic rings. The lowest BCUT2D eigenvalue weighted by Crippen LogP contribution is -2.15. The summed E-state index contributed by atoms with van der Waals surface area (Å²) in [6.45, 7) is 4.77. The zero-order valence-electron chi connectivity index (χ0n) is 25.9. The molecular formula is C45H31N. The van der Waals surface area contributed by atoms with Crippen LogP contribution in [0, 0.1) is 0 Å². The van der Waals surface area contributed by atoms with Gasteiger partial charge in [-0.05, 0) is 102 Å². The van der Waals surface area contributed by atoms with E-state index >= 15 is 0 Å². The van der Waals surface area contributed by atoms with Crippen molar-refractivity contribution in [1.29, 1.82) is 0 Å². The van der Waals surface area contributed by atoms with Crippen LogP contribution >= 0.6 is 0 Å². The Bertz CT molecular complexity index is 2670. The van der Waals surface area contributed by atoms with Gasteiger partial charge in [0.1, 0.15) is 0 Å². The minimum atomic E-state index is -0.122. The molecule has 0 spiro atoms. The number of hydrogen-bond acceptors (Lipinski definition) is 0. The maximum absolute atomic E-state index is 2.49. The molecule has 1 heterocycles. The Morgan fingerprint density at radius 3 is 1.67 bits per heavy atom. The van der Waals surface area contributed by atoms with E-state index in [1.807, 2.05) is 0 Å². The van der Waals surface area contributed by atoms with Crippen molar-refractivity contribution in [2.24, 2.45) is 0 Å². The van der Waals surface area contributed by atoms with Gasteiger partial charge < -0.3 is 4.57 Å². The minimum Gasteiger partial charge on any atom is -0.309 e. The van der Waals surface area contributed by atoms with E-state index in [1.165, 1.54) is 93.2 Å². The molecule has 216 valence electrons. The molecule has 46 heavy (non-hydrogen) atoms. The molecule has 9 aromatic rings. The van der Waals surface area contributed by atoms with Crippen molar-refractivity contribution in [3.8, 4) is 27.9 Å². The van der Waals surface area contributed by atoms with E-state index < -0.39 is 0 Å². The number of benzene rings is 8. The van der Waals surface area contributed by atoms with Crippen LogP contribution in [-0.4, -0.2) is 4.57 Å². The van der Waals surface area contributed by atoms with Gasteiger partial charge in [-0.2, -0.15) is 0 Å². The van der Waals surface area contributed by atoms with Gasteiger partial charge in [0.05, 0.1) is 11.0 Å². The fourth-order valence-corrected chi connectivity index (χ4v) is 8.32. The van der Waals surface area contributed by atoms with E-state index in [4.69, 9.17) is 0 Å². The average molecular weight is 586 g/mol. The Morgan fingerprint density at radius 1 is 0.370 bits per heavy atom. The summed E-state index contributed by atoms with van der Waals surface area (Å²) >= 11 is 0. The molecule has 1 heteroatoms. The van der Waals surface area contributed by atoms with Crippen molar-refractivity contribution in [2.45, 2.75) is 19.3 Å². The van der Waals surface area contributed by atoms with Crippen LogP contribution < -0.4 is 0 Å². The average Bonchev–Trinajstić information content (AvgIpc) is 3.55. The fraction of sp³-hybridized carbons (Fsp3) is 0.0667. The van der Waals surface area contributed by atoms with Crippen LogP contribution in [0.25, 0.3) is 82.1 Å². The molecule has 0 bridgehead atoms. The summed E-state index contributed by atoms with van der Waals surface area (Å²) in [7, 11) is 0. The summed E-state index contributed by atoms with van der Waals surface area (Å²) in [5.74, 6) is 0. The van der Waals surface area contributed by atoms with E-state index in [-0.39, 0.29) is 5.41 Å². The number of aromatic nitrogens is 1. The molecular weight excluding hydrogens is 555 g/mol. The van der Waals surface area contributed by atoms with Crippen molar-refractivity contribution in [3.63, 3.8) is 0 Å². The molecule has 0 N–H and O–H groups in total. The van der Waals surface area contributed by atoms with Gasteiger partial charge in [0.2, 0.25) is 0 Å². The topological polar surface area (TPSA) is 4.93 Å². The third-order valence-electron chi connectivity index (χ3n) is 10.6. The van der Waals surface area contributed by atoms with E-state index in [0.29, 0.717) is 0 Å². The van der Waals surface area contributed by atoms with Crippen LogP contribution in [-0.2, 0) is 5.41 Å². The van der Waals surface area contributed by atoms with Crippen LogP contribution in [0.3, 0.4) is 0 Å². The number of nitrogens with zero attached hydrogens (tertiary/aromatic N) is 1. The highest BCUT2D eigenvalue weighted by Gasteiger charge is 2.36. The van der Waals surface area contributed by atoms with E-state index in [1.54, 1.807) is 0 Å². The Balaban J connectivity index is 1.25. The summed E-state index contributed by atoms with van der Waals surface area (Å²) in [4.78, 5) is 0. The molecule has 0 saturated heterocycles.